The van der Waals surface area contributed by atoms with Crippen molar-refractivity contribution in [1.29, 1.82) is 0 Å². The molecule has 0 aromatic carbocycles. The SMILES string of the molecule is O=C1N[C@H]2CCCN1C2. The first-order chi connectivity index (χ1) is 4.36. The fourth-order valence-electron chi connectivity index (χ4n) is 1.55. The Morgan fingerprint density at radius 3 is 3.22 bits per heavy atom. The summed E-state index contributed by atoms with van der Waals surface area (Å²) in [7, 11) is 0. The summed E-state index contributed by atoms with van der Waals surface area (Å²) in [6, 6.07) is 0.601. The van der Waals surface area contributed by atoms with Crippen molar-refractivity contribution in [3.63, 3.8) is 0 Å². The molecular formula is C6H10N2O. The summed E-state index contributed by atoms with van der Waals surface area (Å²) in [5.74, 6) is 0. The first-order valence-corrected chi connectivity index (χ1v) is 3.42. The van der Waals surface area contributed by atoms with Crippen molar-refractivity contribution in [2.75, 3.05) is 13.1 Å². The van der Waals surface area contributed by atoms with Crippen molar-refractivity contribution in [2.45, 2.75) is 18.9 Å². The highest BCUT2D eigenvalue weighted by atomic mass is 16.2. The van der Waals surface area contributed by atoms with E-state index in [2.05, 4.69) is 5.32 Å². The number of hydrogen-bond donors (Lipinski definition) is 1. The maximum atomic E-state index is 10.9. The van der Waals surface area contributed by atoms with E-state index in [1.165, 1.54) is 12.8 Å². The highest BCUT2D eigenvalue weighted by Crippen LogP contribution is 2.15. The number of hydrogen-bond acceptors (Lipinski definition) is 1. The van der Waals surface area contributed by atoms with Crippen molar-refractivity contribution in [1.82, 2.24) is 10.2 Å². The number of amides is 2. The Kier molecular flexibility index (Phi) is 0.917. The minimum absolute atomic E-state index is 0.137. The number of carbonyl (C=O) groups is 1. The average molecular weight is 126 g/mol. The molecule has 3 nitrogen and oxygen atoms in total. The number of piperidine rings is 1. The Morgan fingerprint density at radius 2 is 2.56 bits per heavy atom. The van der Waals surface area contributed by atoms with Crippen molar-refractivity contribution in [2.24, 2.45) is 0 Å². The summed E-state index contributed by atoms with van der Waals surface area (Å²) >= 11 is 0. The lowest BCUT2D eigenvalue weighted by atomic mass is 10.1. The molecule has 2 bridgehead atoms. The molecule has 2 aliphatic heterocycles. The molecule has 0 aromatic heterocycles. The molecule has 2 heterocycles. The molecule has 0 spiro atoms. The van der Waals surface area contributed by atoms with Crippen molar-refractivity contribution in [3.05, 3.63) is 0 Å². The molecule has 3 heteroatoms. The van der Waals surface area contributed by atoms with Crippen LogP contribution in [0.5, 0.6) is 0 Å². The van der Waals surface area contributed by atoms with Gasteiger partial charge in [-0.15, -0.1) is 0 Å². The van der Waals surface area contributed by atoms with Gasteiger partial charge in [0.25, 0.3) is 0 Å². The minimum Gasteiger partial charge on any atom is -0.333 e. The summed E-state index contributed by atoms with van der Waals surface area (Å²) in [5.41, 5.74) is 0. The normalized spacial score (nSPS) is 32.7. The Hall–Kier alpha value is -0.730. The molecule has 0 aromatic rings. The highest BCUT2D eigenvalue weighted by molar-refractivity contribution is 5.77. The van der Waals surface area contributed by atoms with Crippen LogP contribution in [0.2, 0.25) is 0 Å². The number of carbonyl (C=O) groups excluding carboxylic acids is 1. The van der Waals surface area contributed by atoms with Crippen LogP contribution in [0, 0.1) is 0 Å². The largest absolute Gasteiger partial charge is 0.333 e. The number of nitrogens with zero attached hydrogens (tertiary/aromatic N) is 1. The minimum atomic E-state index is 0.137. The van der Waals surface area contributed by atoms with Gasteiger partial charge in [-0.2, -0.15) is 0 Å². The molecule has 2 rings (SSSR count). The molecular weight excluding hydrogens is 116 g/mol. The second kappa shape index (κ2) is 1.62. The van der Waals surface area contributed by atoms with Gasteiger partial charge < -0.3 is 10.2 Å². The Morgan fingerprint density at radius 1 is 1.67 bits per heavy atom. The third-order valence-corrected chi connectivity index (χ3v) is 2.04. The van der Waals surface area contributed by atoms with Gasteiger partial charge in [-0.25, -0.2) is 4.79 Å². The van der Waals surface area contributed by atoms with Crippen LogP contribution in [0.25, 0.3) is 0 Å². The van der Waals surface area contributed by atoms with Gasteiger partial charge in [0.15, 0.2) is 0 Å². The molecule has 50 valence electrons. The zero-order chi connectivity index (χ0) is 6.27. The van der Waals surface area contributed by atoms with Gasteiger partial charge in [-0.3, -0.25) is 0 Å². The zero-order valence-corrected chi connectivity index (χ0v) is 5.26. The second-order valence-corrected chi connectivity index (χ2v) is 2.73. The van der Waals surface area contributed by atoms with E-state index >= 15 is 0 Å². The van der Waals surface area contributed by atoms with E-state index in [-0.39, 0.29) is 6.03 Å². The van der Waals surface area contributed by atoms with Crippen molar-refractivity contribution >= 4 is 6.03 Å². The maximum Gasteiger partial charge on any atom is 0.317 e. The molecule has 0 saturated carbocycles. The first-order valence-electron chi connectivity index (χ1n) is 3.42. The molecule has 2 saturated heterocycles. The fraction of sp³-hybridized carbons (Fsp3) is 0.833. The lowest BCUT2D eigenvalue weighted by molar-refractivity contribution is 0.215. The number of nitrogens with one attached hydrogen (secondary N) is 1. The highest BCUT2D eigenvalue weighted by Gasteiger charge is 2.31. The standard InChI is InChI=1S/C6H10N2O/c9-6-7-5-2-1-3-8(6)4-5/h5H,1-4H2,(H,7,9)/t5-/m0/s1. The van der Waals surface area contributed by atoms with Crippen LogP contribution >= 0.6 is 0 Å². The van der Waals surface area contributed by atoms with Gasteiger partial charge >= 0.3 is 6.03 Å². The lowest BCUT2D eigenvalue weighted by Crippen LogP contribution is -2.30. The van der Waals surface area contributed by atoms with Crippen LogP contribution in [0.3, 0.4) is 0 Å². The van der Waals surface area contributed by atoms with E-state index in [0.717, 1.165) is 13.1 Å². The quantitative estimate of drug-likeness (QED) is 0.493. The van der Waals surface area contributed by atoms with Gasteiger partial charge in [0.1, 0.15) is 0 Å². The molecule has 1 atom stereocenters. The molecule has 2 aliphatic rings. The Bertz CT molecular complexity index is 146. The first kappa shape index (κ1) is 5.09. The van der Waals surface area contributed by atoms with Gasteiger partial charge in [-0.1, -0.05) is 0 Å². The van der Waals surface area contributed by atoms with E-state index < -0.39 is 0 Å². The average Bonchev–Trinajstić information content (AvgIpc) is 2.09. The molecule has 0 radical (unpaired) electrons. The van der Waals surface area contributed by atoms with Crippen molar-refractivity contribution < 1.29 is 4.79 Å². The summed E-state index contributed by atoms with van der Waals surface area (Å²) in [6.07, 6.45) is 2.34. The zero-order valence-electron chi connectivity index (χ0n) is 5.26. The smallest absolute Gasteiger partial charge is 0.317 e. The van der Waals surface area contributed by atoms with Crippen LogP contribution in [0.15, 0.2) is 0 Å². The van der Waals surface area contributed by atoms with Crippen LogP contribution in [0.4, 0.5) is 4.79 Å². The van der Waals surface area contributed by atoms with E-state index in [1.807, 2.05) is 4.90 Å². The third kappa shape index (κ3) is 0.677. The Balaban J connectivity index is 2.15. The monoisotopic (exact) mass is 126 g/mol. The molecule has 9 heavy (non-hydrogen) atoms. The summed E-state index contributed by atoms with van der Waals surface area (Å²) in [6.45, 7) is 1.90. The molecule has 0 unspecified atom stereocenters. The number of fused-ring (bicyclic) bond motifs is 2. The van der Waals surface area contributed by atoms with Gasteiger partial charge in [0, 0.05) is 19.1 Å². The molecule has 1 N–H and O–H groups in total. The van der Waals surface area contributed by atoms with E-state index in [9.17, 15) is 4.79 Å². The second-order valence-electron chi connectivity index (χ2n) is 2.73. The van der Waals surface area contributed by atoms with Crippen LogP contribution < -0.4 is 5.32 Å². The van der Waals surface area contributed by atoms with Gasteiger partial charge in [0.05, 0.1) is 0 Å². The van der Waals surface area contributed by atoms with E-state index in [4.69, 9.17) is 0 Å². The van der Waals surface area contributed by atoms with Crippen molar-refractivity contribution in [3.8, 4) is 0 Å². The molecule has 2 fully saturated rings. The molecule has 2 amide bonds. The Labute approximate surface area is 54.0 Å². The van der Waals surface area contributed by atoms with Gasteiger partial charge in [0.2, 0.25) is 0 Å². The van der Waals surface area contributed by atoms with Crippen LogP contribution in [0.1, 0.15) is 12.8 Å². The fourth-order valence-corrected chi connectivity index (χ4v) is 1.55. The maximum absolute atomic E-state index is 10.9. The number of urea groups is 1. The van der Waals surface area contributed by atoms with Crippen LogP contribution in [-0.4, -0.2) is 30.1 Å². The third-order valence-electron chi connectivity index (χ3n) is 2.04. The molecule has 0 aliphatic carbocycles. The topological polar surface area (TPSA) is 32.3 Å². The lowest BCUT2D eigenvalue weighted by Gasteiger charge is -2.18. The summed E-state index contributed by atoms with van der Waals surface area (Å²) in [5, 5.41) is 2.90. The predicted octanol–water partition coefficient (Wildman–Crippen LogP) is 0.174. The predicted molar refractivity (Wildman–Crippen MR) is 33.1 cm³/mol. The summed E-state index contributed by atoms with van der Waals surface area (Å²) < 4.78 is 0. The van der Waals surface area contributed by atoms with E-state index in [1.54, 1.807) is 0 Å². The van der Waals surface area contributed by atoms with Crippen LogP contribution in [-0.2, 0) is 0 Å². The number of rotatable bonds is 0. The van der Waals surface area contributed by atoms with E-state index in [0.29, 0.717) is 6.04 Å². The summed E-state index contributed by atoms with van der Waals surface area (Å²) in [4.78, 5) is 12.8. The van der Waals surface area contributed by atoms with Gasteiger partial charge in [-0.05, 0) is 12.8 Å².